The van der Waals surface area contributed by atoms with Crippen LogP contribution in [-0.4, -0.2) is 19.1 Å². The maximum atomic E-state index is 3.97. The highest BCUT2D eigenvalue weighted by atomic mass is 14.8. The van der Waals surface area contributed by atoms with Crippen LogP contribution >= 0.6 is 0 Å². The summed E-state index contributed by atoms with van der Waals surface area (Å²) in [6, 6.07) is 0. The number of hydrogen-bond donors (Lipinski definition) is 0. The lowest BCUT2D eigenvalue weighted by atomic mass is 10.4. The van der Waals surface area contributed by atoms with Gasteiger partial charge < -0.3 is 0 Å². The van der Waals surface area contributed by atoms with E-state index in [0.717, 1.165) is 5.71 Å². The minimum absolute atomic E-state index is 0.975. The molecule has 0 bridgehead atoms. The molecule has 0 radical (unpaired) electrons. The molecule has 0 aromatic carbocycles. The first kappa shape index (κ1) is 8.08. The summed E-state index contributed by atoms with van der Waals surface area (Å²) in [4.78, 5) is 7.68. The Kier molecular flexibility index (Phi) is 4.69. The van der Waals surface area contributed by atoms with Gasteiger partial charge in [0.15, 0.2) is 0 Å². The van der Waals surface area contributed by atoms with Gasteiger partial charge in [-0.3, -0.25) is 4.99 Å². The monoisotopic (exact) mass is 124 g/mol. The molecule has 0 aromatic rings. The molecular formula is C7H12N2. The minimum Gasteiger partial charge on any atom is -0.277 e. The Hall–Kier alpha value is -0.920. The zero-order chi connectivity index (χ0) is 7.11. The van der Waals surface area contributed by atoms with Gasteiger partial charge in [0, 0.05) is 12.8 Å². The number of rotatable bonds is 2. The van der Waals surface area contributed by atoms with Gasteiger partial charge in [0.05, 0.1) is 0 Å². The van der Waals surface area contributed by atoms with Crippen molar-refractivity contribution in [3.8, 4) is 0 Å². The summed E-state index contributed by atoms with van der Waals surface area (Å²) >= 11 is 0. The number of allylic oxidation sites excluding steroid dienone is 2. The van der Waals surface area contributed by atoms with Crippen molar-refractivity contribution in [1.29, 1.82) is 0 Å². The molecule has 50 valence electrons. The molecule has 0 rings (SSSR count). The van der Waals surface area contributed by atoms with Crippen molar-refractivity contribution in [3.05, 3.63) is 12.2 Å². The van der Waals surface area contributed by atoms with Crippen LogP contribution in [0.15, 0.2) is 22.1 Å². The van der Waals surface area contributed by atoms with E-state index in [9.17, 15) is 0 Å². The van der Waals surface area contributed by atoms with Crippen LogP contribution in [0.5, 0.6) is 0 Å². The minimum atomic E-state index is 0.975. The van der Waals surface area contributed by atoms with Gasteiger partial charge >= 0.3 is 0 Å². The van der Waals surface area contributed by atoms with Crippen molar-refractivity contribution in [1.82, 2.24) is 0 Å². The second kappa shape index (κ2) is 5.22. The first-order chi connectivity index (χ1) is 4.31. The van der Waals surface area contributed by atoms with E-state index in [1.807, 2.05) is 26.0 Å². The molecule has 0 fully saturated rings. The predicted molar refractivity (Wildman–Crippen MR) is 42.3 cm³/mol. The van der Waals surface area contributed by atoms with Crippen molar-refractivity contribution in [2.45, 2.75) is 13.8 Å². The summed E-state index contributed by atoms with van der Waals surface area (Å²) < 4.78 is 0. The second-order valence-electron chi connectivity index (χ2n) is 1.64. The zero-order valence-electron chi connectivity index (χ0n) is 6.13. The molecule has 0 unspecified atom stereocenters. The molecule has 0 spiro atoms. The molecule has 0 aliphatic carbocycles. The van der Waals surface area contributed by atoms with E-state index in [1.54, 1.807) is 7.05 Å². The fraction of sp³-hybridized carbons (Fsp3) is 0.429. The van der Waals surface area contributed by atoms with E-state index in [0.29, 0.717) is 0 Å². The summed E-state index contributed by atoms with van der Waals surface area (Å²) in [7, 11) is 1.70. The summed E-state index contributed by atoms with van der Waals surface area (Å²) in [6.45, 7) is 3.89. The fourth-order valence-electron chi connectivity index (χ4n) is 0.433. The molecule has 2 nitrogen and oxygen atoms in total. The van der Waals surface area contributed by atoms with Gasteiger partial charge in [0.1, 0.15) is 6.34 Å². The zero-order valence-corrected chi connectivity index (χ0v) is 6.13. The summed E-state index contributed by atoms with van der Waals surface area (Å²) in [5.74, 6) is 0. The van der Waals surface area contributed by atoms with Crippen molar-refractivity contribution in [3.63, 3.8) is 0 Å². The molecule has 9 heavy (non-hydrogen) atoms. The smallest absolute Gasteiger partial charge is 0.109 e. The van der Waals surface area contributed by atoms with Crippen LogP contribution in [-0.2, 0) is 0 Å². The van der Waals surface area contributed by atoms with Gasteiger partial charge in [-0.05, 0) is 19.9 Å². The van der Waals surface area contributed by atoms with Crippen LogP contribution in [0, 0.1) is 0 Å². The van der Waals surface area contributed by atoms with Crippen molar-refractivity contribution < 1.29 is 0 Å². The van der Waals surface area contributed by atoms with E-state index in [2.05, 4.69) is 9.98 Å². The molecule has 0 saturated carbocycles. The van der Waals surface area contributed by atoms with Gasteiger partial charge in [-0.1, -0.05) is 6.08 Å². The molecule has 0 aliphatic rings. The summed E-state index contributed by atoms with van der Waals surface area (Å²) in [6.07, 6.45) is 5.42. The molecule has 0 aromatic heterocycles. The van der Waals surface area contributed by atoms with E-state index in [-0.39, 0.29) is 0 Å². The maximum Gasteiger partial charge on any atom is 0.109 e. The average molecular weight is 124 g/mol. The van der Waals surface area contributed by atoms with Gasteiger partial charge in [-0.2, -0.15) is 0 Å². The second-order valence-corrected chi connectivity index (χ2v) is 1.64. The van der Waals surface area contributed by atoms with Crippen molar-refractivity contribution in [2.24, 2.45) is 9.98 Å². The molecule has 0 saturated heterocycles. The SMILES string of the molecule is C/C=C\C(C)=NC=NC. The number of hydrogen-bond acceptors (Lipinski definition) is 1. The summed E-state index contributed by atoms with van der Waals surface area (Å²) in [5.41, 5.74) is 0.975. The Morgan fingerprint density at radius 3 is 2.56 bits per heavy atom. The fourth-order valence-corrected chi connectivity index (χ4v) is 0.433. The first-order valence-electron chi connectivity index (χ1n) is 2.89. The van der Waals surface area contributed by atoms with Crippen molar-refractivity contribution >= 4 is 12.1 Å². The Morgan fingerprint density at radius 2 is 2.11 bits per heavy atom. The van der Waals surface area contributed by atoms with Crippen LogP contribution in [0.2, 0.25) is 0 Å². The van der Waals surface area contributed by atoms with Crippen LogP contribution < -0.4 is 0 Å². The topological polar surface area (TPSA) is 24.7 Å². The predicted octanol–water partition coefficient (Wildman–Crippen LogP) is 1.68. The molecule has 0 heterocycles. The number of nitrogens with zero attached hydrogens (tertiary/aromatic N) is 2. The van der Waals surface area contributed by atoms with Crippen LogP contribution in [0.25, 0.3) is 0 Å². The summed E-state index contributed by atoms with van der Waals surface area (Å²) in [5, 5.41) is 0. The highest BCUT2D eigenvalue weighted by Crippen LogP contribution is 1.77. The van der Waals surface area contributed by atoms with Crippen LogP contribution in [0.3, 0.4) is 0 Å². The maximum absolute atomic E-state index is 3.97. The Bertz CT molecular complexity index is 143. The Morgan fingerprint density at radius 1 is 1.44 bits per heavy atom. The van der Waals surface area contributed by atoms with E-state index in [1.165, 1.54) is 6.34 Å². The van der Waals surface area contributed by atoms with E-state index >= 15 is 0 Å². The first-order valence-corrected chi connectivity index (χ1v) is 2.89. The van der Waals surface area contributed by atoms with Crippen LogP contribution in [0.1, 0.15) is 13.8 Å². The molecule has 0 amide bonds. The lowest BCUT2D eigenvalue weighted by Crippen LogP contribution is -1.82. The number of aliphatic imine (C=N–C) groups is 2. The molecule has 0 atom stereocenters. The molecule has 0 aliphatic heterocycles. The van der Waals surface area contributed by atoms with Gasteiger partial charge in [-0.25, -0.2) is 4.99 Å². The lowest BCUT2D eigenvalue weighted by Gasteiger charge is -1.82. The van der Waals surface area contributed by atoms with E-state index < -0.39 is 0 Å². The Balaban J connectivity index is 3.84. The van der Waals surface area contributed by atoms with Crippen molar-refractivity contribution in [2.75, 3.05) is 7.05 Å². The third-order valence-electron chi connectivity index (χ3n) is 0.785. The third kappa shape index (κ3) is 4.94. The van der Waals surface area contributed by atoms with Crippen LogP contribution in [0.4, 0.5) is 0 Å². The Labute approximate surface area is 56.0 Å². The van der Waals surface area contributed by atoms with Gasteiger partial charge in [0.25, 0.3) is 0 Å². The average Bonchev–Trinajstić information content (AvgIpc) is 1.85. The normalized spacial score (nSPS) is 13.9. The highest BCUT2D eigenvalue weighted by Gasteiger charge is 1.74. The van der Waals surface area contributed by atoms with E-state index in [4.69, 9.17) is 0 Å². The molecule has 2 heteroatoms. The van der Waals surface area contributed by atoms with Gasteiger partial charge in [0.2, 0.25) is 0 Å². The third-order valence-corrected chi connectivity index (χ3v) is 0.785. The molecular weight excluding hydrogens is 112 g/mol. The quantitative estimate of drug-likeness (QED) is 0.395. The van der Waals surface area contributed by atoms with Gasteiger partial charge in [-0.15, -0.1) is 0 Å². The standard InChI is InChI=1S/C7H12N2/c1-4-5-7(2)9-6-8-3/h4-6H,1-3H3/b5-4-,8-6?,9-7?. The highest BCUT2D eigenvalue weighted by molar-refractivity contribution is 5.97. The largest absolute Gasteiger partial charge is 0.277 e. The molecule has 0 N–H and O–H groups in total. The lowest BCUT2D eigenvalue weighted by molar-refractivity contribution is 1.44.